The molecule has 1 N–H and O–H groups in total. The van der Waals surface area contributed by atoms with E-state index >= 15 is 0 Å². The molecular formula is C24H25ClF2N4O3. The summed E-state index contributed by atoms with van der Waals surface area (Å²) in [6, 6.07) is 10.2. The first kappa shape index (κ1) is 23.0. The number of hydrogen-bond acceptors (Lipinski definition) is 5. The van der Waals surface area contributed by atoms with Crippen molar-refractivity contribution >= 4 is 28.5 Å². The van der Waals surface area contributed by atoms with Crippen LogP contribution in [0.3, 0.4) is 0 Å². The molecule has 3 heterocycles. The van der Waals surface area contributed by atoms with Crippen LogP contribution in [0.2, 0.25) is 5.02 Å². The van der Waals surface area contributed by atoms with E-state index in [1.165, 1.54) is 0 Å². The number of rotatable bonds is 8. The molecule has 0 unspecified atom stereocenters. The highest BCUT2D eigenvalue weighted by molar-refractivity contribution is 6.31. The van der Waals surface area contributed by atoms with Gasteiger partial charge in [-0.05, 0) is 44.5 Å². The number of alkyl halides is 2. The van der Waals surface area contributed by atoms with Gasteiger partial charge in [-0.15, -0.1) is 0 Å². The zero-order valence-electron chi connectivity index (χ0n) is 18.8. The molecule has 0 amide bonds. The summed E-state index contributed by atoms with van der Waals surface area (Å²) in [4.78, 5) is 9.58. The largest absolute Gasteiger partial charge is 0.434 e. The number of aliphatic imine (C=N–C) groups is 1. The number of ether oxygens (including phenoxy) is 3. The van der Waals surface area contributed by atoms with Gasteiger partial charge in [-0.2, -0.15) is 8.78 Å². The summed E-state index contributed by atoms with van der Waals surface area (Å²) in [5, 5.41) is 4.08. The second-order valence-electron chi connectivity index (χ2n) is 8.05. The topological polar surface area (TPSA) is 69.9 Å². The number of fused-ring (bicyclic) bond motifs is 9. The van der Waals surface area contributed by atoms with E-state index in [4.69, 9.17) is 35.8 Å². The molecule has 180 valence electrons. The summed E-state index contributed by atoms with van der Waals surface area (Å²) in [5.74, 6) is 1.50. The molecule has 34 heavy (non-hydrogen) atoms. The van der Waals surface area contributed by atoms with Crippen molar-refractivity contribution in [2.75, 3.05) is 19.8 Å². The minimum atomic E-state index is -2.95. The third-order valence-electron chi connectivity index (χ3n) is 6.05. The fourth-order valence-electron chi connectivity index (χ4n) is 4.82. The van der Waals surface area contributed by atoms with Crippen molar-refractivity contribution in [3.05, 3.63) is 58.4 Å². The van der Waals surface area contributed by atoms with E-state index in [-0.39, 0.29) is 24.4 Å². The molecule has 0 spiro atoms. The standard InChI is InChI=1S/C24H25ClF2N4O3/c1-3-32-20(33-4-2)12-28-22-14-6-5-7-19(34-24(26)27)21(14)18-11-16(29-22)23-30-15-9-8-13(25)10-17(15)31(18)23/h5-10,16,18,20,24H,3-4,11-12H2,1-2H3,(H,28,29)/t16-,18+/m0/s1. The zero-order valence-corrected chi connectivity index (χ0v) is 19.6. The highest BCUT2D eigenvalue weighted by Gasteiger charge is 2.41. The number of amidine groups is 1. The Balaban J connectivity index is 1.65. The van der Waals surface area contributed by atoms with Crippen LogP contribution in [0.5, 0.6) is 5.75 Å². The van der Waals surface area contributed by atoms with Crippen molar-refractivity contribution in [2.24, 2.45) is 4.99 Å². The van der Waals surface area contributed by atoms with Gasteiger partial charge in [0.15, 0.2) is 6.29 Å². The van der Waals surface area contributed by atoms with Crippen LogP contribution in [0.15, 0.2) is 41.4 Å². The van der Waals surface area contributed by atoms with Crippen LogP contribution in [0.1, 0.15) is 49.3 Å². The van der Waals surface area contributed by atoms with Gasteiger partial charge in [-0.1, -0.05) is 23.7 Å². The first-order valence-electron chi connectivity index (χ1n) is 11.3. The molecule has 0 fully saturated rings. The Morgan fingerprint density at radius 2 is 2.00 bits per heavy atom. The fraction of sp³-hybridized carbons (Fsp3) is 0.417. The average molecular weight is 491 g/mol. The van der Waals surface area contributed by atoms with Gasteiger partial charge in [-0.3, -0.25) is 4.99 Å². The molecule has 2 aromatic carbocycles. The molecule has 0 radical (unpaired) electrons. The number of halogens is 3. The number of nitrogens with one attached hydrogen (secondary N) is 1. The molecule has 2 aliphatic rings. The minimum absolute atomic E-state index is 0.121. The van der Waals surface area contributed by atoms with Gasteiger partial charge < -0.3 is 24.1 Å². The lowest BCUT2D eigenvalue weighted by Gasteiger charge is -2.23. The normalized spacial score (nSPS) is 20.0. The Morgan fingerprint density at radius 3 is 2.74 bits per heavy atom. The second-order valence-corrected chi connectivity index (χ2v) is 8.48. The van der Waals surface area contributed by atoms with Gasteiger partial charge in [-0.25, -0.2) is 4.98 Å². The Morgan fingerprint density at radius 1 is 1.21 bits per heavy atom. The summed E-state index contributed by atoms with van der Waals surface area (Å²) < 4.78 is 45.0. The molecule has 1 aromatic heterocycles. The van der Waals surface area contributed by atoms with Crippen LogP contribution in [0.4, 0.5) is 8.78 Å². The van der Waals surface area contributed by atoms with Crippen molar-refractivity contribution < 1.29 is 23.0 Å². The quantitative estimate of drug-likeness (QED) is 0.446. The van der Waals surface area contributed by atoms with E-state index in [2.05, 4.69) is 9.88 Å². The van der Waals surface area contributed by atoms with Crippen LogP contribution >= 0.6 is 11.6 Å². The first-order chi connectivity index (χ1) is 16.5. The molecular weight excluding hydrogens is 466 g/mol. The van der Waals surface area contributed by atoms with Crippen molar-refractivity contribution in [3.8, 4) is 5.75 Å². The van der Waals surface area contributed by atoms with Crippen LogP contribution < -0.4 is 10.1 Å². The highest BCUT2D eigenvalue weighted by Crippen LogP contribution is 2.47. The average Bonchev–Trinajstić information content (AvgIpc) is 3.27. The second kappa shape index (κ2) is 9.48. The lowest BCUT2D eigenvalue weighted by atomic mass is 9.97. The van der Waals surface area contributed by atoms with Gasteiger partial charge in [0, 0.05) is 29.4 Å². The number of imidazole rings is 1. The molecule has 7 nitrogen and oxygen atoms in total. The van der Waals surface area contributed by atoms with Crippen molar-refractivity contribution in [3.63, 3.8) is 0 Å². The monoisotopic (exact) mass is 490 g/mol. The maximum Gasteiger partial charge on any atom is 0.387 e. The summed E-state index contributed by atoms with van der Waals surface area (Å²) >= 11 is 6.27. The van der Waals surface area contributed by atoms with Gasteiger partial charge in [0.1, 0.15) is 17.4 Å². The minimum Gasteiger partial charge on any atom is -0.434 e. The van der Waals surface area contributed by atoms with Crippen LogP contribution in [0.25, 0.3) is 11.0 Å². The van der Waals surface area contributed by atoms with E-state index in [0.717, 1.165) is 16.9 Å². The van der Waals surface area contributed by atoms with E-state index in [0.29, 0.717) is 41.6 Å². The van der Waals surface area contributed by atoms with Crippen LogP contribution in [-0.4, -0.2) is 48.0 Å². The summed E-state index contributed by atoms with van der Waals surface area (Å²) in [6.45, 7) is 2.07. The number of hydrogen-bond donors (Lipinski definition) is 1. The molecule has 3 aromatic rings. The Kier molecular flexibility index (Phi) is 6.42. The van der Waals surface area contributed by atoms with E-state index in [1.807, 2.05) is 32.0 Å². The first-order valence-corrected chi connectivity index (χ1v) is 11.7. The number of aromatic nitrogens is 2. The Bertz CT molecular complexity index is 1230. The number of benzene rings is 2. The van der Waals surface area contributed by atoms with Crippen LogP contribution in [-0.2, 0) is 9.47 Å². The lowest BCUT2D eigenvalue weighted by molar-refractivity contribution is -0.128. The maximum absolute atomic E-state index is 13.4. The predicted molar refractivity (Wildman–Crippen MR) is 125 cm³/mol. The summed E-state index contributed by atoms with van der Waals surface area (Å²) in [6.07, 6.45) is 0.112. The molecule has 2 aliphatic heterocycles. The summed E-state index contributed by atoms with van der Waals surface area (Å²) in [7, 11) is 0. The predicted octanol–water partition coefficient (Wildman–Crippen LogP) is 5.07. The van der Waals surface area contributed by atoms with Crippen molar-refractivity contribution in [1.29, 1.82) is 0 Å². The van der Waals surface area contributed by atoms with Crippen molar-refractivity contribution in [1.82, 2.24) is 14.9 Å². The SMILES string of the molecule is CCOC(CN=C1N[C@H]2C[C@H](c3c(OC(F)F)cccc31)n1c2nc2ccc(Cl)cc21)OCC. The molecule has 0 saturated heterocycles. The molecule has 0 saturated carbocycles. The third-order valence-corrected chi connectivity index (χ3v) is 6.28. The van der Waals surface area contributed by atoms with E-state index in [1.54, 1.807) is 18.2 Å². The van der Waals surface area contributed by atoms with E-state index in [9.17, 15) is 8.78 Å². The highest BCUT2D eigenvalue weighted by atomic mass is 35.5. The Hall–Kier alpha value is -2.75. The molecule has 0 aliphatic carbocycles. The fourth-order valence-corrected chi connectivity index (χ4v) is 4.99. The molecule has 10 heteroatoms. The van der Waals surface area contributed by atoms with Crippen LogP contribution in [0, 0.1) is 0 Å². The molecule has 2 bridgehead atoms. The molecule has 2 atom stereocenters. The van der Waals surface area contributed by atoms with Gasteiger partial charge in [0.2, 0.25) is 0 Å². The number of nitrogens with zero attached hydrogens (tertiary/aromatic N) is 3. The van der Waals surface area contributed by atoms with Crippen molar-refractivity contribution in [2.45, 2.75) is 45.3 Å². The van der Waals surface area contributed by atoms with Gasteiger partial charge >= 0.3 is 6.61 Å². The zero-order chi connectivity index (χ0) is 23.8. The molecule has 5 rings (SSSR count). The van der Waals surface area contributed by atoms with Gasteiger partial charge in [0.25, 0.3) is 0 Å². The Labute approximate surface area is 200 Å². The summed E-state index contributed by atoms with van der Waals surface area (Å²) in [5.41, 5.74) is 2.98. The maximum atomic E-state index is 13.4. The smallest absolute Gasteiger partial charge is 0.387 e. The third kappa shape index (κ3) is 4.12. The van der Waals surface area contributed by atoms with Gasteiger partial charge in [0.05, 0.1) is 29.7 Å². The lowest BCUT2D eigenvalue weighted by Crippen LogP contribution is -2.31. The van der Waals surface area contributed by atoms with E-state index < -0.39 is 12.9 Å².